The molecule has 0 saturated carbocycles. The normalized spacial score (nSPS) is 10.5. The molecule has 0 aliphatic carbocycles. The Morgan fingerprint density at radius 1 is 1.04 bits per heavy atom. The Balaban J connectivity index is 2.02. The van der Waals surface area contributed by atoms with Crippen molar-refractivity contribution in [1.29, 1.82) is 0 Å². The van der Waals surface area contributed by atoms with Crippen LogP contribution in [0, 0.1) is 6.92 Å². The monoisotopic (exact) mass is 344 g/mol. The van der Waals surface area contributed by atoms with E-state index >= 15 is 0 Å². The first-order chi connectivity index (χ1) is 11.4. The number of benzene rings is 2. The highest BCUT2D eigenvalue weighted by atomic mass is 35.5. The molecule has 24 heavy (non-hydrogen) atoms. The number of aryl methyl sites for hydroxylation is 1. The summed E-state index contributed by atoms with van der Waals surface area (Å²) in [4.78, 5) is 23.6. The van der Waals surface area contributed by atoms with Crippen molar-refractivity contribution >= 4 is 23.4 Å². The molecule has 0 atom stereocenters. The standard InChI is InChI=1S/C19H21ClN2O2/c1-12(2)22-18(23)11-21-19(24)15-6-4-14(5-7-15)16-8-9-17(20)13(3)10-16/h4-10,12H,11H2,1-3H3,(H,21,24)(H,22,23). The van der Waals surface area contributed by atoms with Gasteiger partial charge in [0.05, 0.1) is 6.54 Å². The highest BCUT2D eigenvalue weighted by Crippen LogP contribution is 2.24. The van der Waals surface area contributed by atoms with Crippen LogP contribution in [0.1, 0.15) is 29.8 Å². The van der Waals surface area contributed by atoms with Crippen molar-refractivity contribution < 1.29 is 9.59 Å². The van der Waals surface area contributed by atoms with Gasteiger partial charge in [-0.3, -0.25) is 9.59 Å². The first-order valence-electron chi connectivity index (χ1n) is 7.81. The highest BCUT2D eigenvalue weighted by molar-refractivity contribution is 6.31. The number of nitrogens with one attached hydrogen (secondary N) is 2. The molecule has 2 aromatic carbocycles. The molecule has 126 valence electrons. The van der Waals surface area contributed by atoms with E-state index < -0.39 is 0 Å². The van der Waals surface area contributed by atoms with Gasteiger partial charge in [0.15, 0.2) is 0 Å². The summed E-state index contributed by atoms with van der Waals surface area (Å²) in [5.74, 6) is -0.473. The van der Waals surface area contributed by atoms with Crippen LogP contribution in [0.15, 0.2) is 42.5 Å². The van der Waals surface area contributed by atoms with E-state index in [1.165, 1.54) is 0 Å². The Hall–Kier alpha value is -2.33. The van der Waals surface area contributed by atoms with Gasteiger partial charge in [-0.15, -0.1) is 0 Å². The Bertz CT molecular complexity index is 740. The molecule has 0 fully saturated rings. The summed E-state index contributed by atoms with van der Waals surface area (Å²) in [6.45, 7) is 5.67. The molecule has 0 aliphatic heterocycles. The van der Waals surface area contributed by atoms with Crippen LogP contribution in [-0.2, 0) is 4.79 Å². The fourth-order valence-electron chi connectivity index (χ4n) is 2.27. The number of carbonyl (C=O) groups excluding carboxylic acids is 2. The topological polar surface area (TPSA) is 58.2 Å². The fourth-order valence-corrected chi connectivity index (χ4v) is 2.39. The van der Waals surface area contributed by atoms with Crippen molar-refractivity contribution in [2.45, 2.75) is 26.8 Å². The van der Waals surface area contributed by atoms with Crippen LogP contribution in [0.4, 0.5) is 0 Å². The molecule has 0 aromatic heterocycles. The lowest BCUT2D eigenvalue weighted by atomic mass is 10.0. The quantitative estimate of drug-likeness (QED) is 0.871. The molecule has 0 spiro atoms. The molecule has 5 heteroatoms. The lowest BCUT2D eigenvalue weighted by Gasteiger charge is -2.10. The third-order valence-corrected chi connectivity index (χ3v) is 3.92. The minimum Gasteiger partial charge on any atom is -0.352 e. The van der Waals surface area contributed by atoms with Gasteiger partial charge in [0.25, 0.3) is 5.91 Å². The Labute approximate surface area is 147 Å². The highest BCUT2D eigenvalue weighted by Gasteiger charge is 2.09. The molecule has 0 unspecified atom stereocenters. The van der Waals surface area contributed by atoms with Crippen LogP contribution in [0.25, 0.3) is 11.1 Å². The number of hydrogen-bond donors (Lipinski definition) is 2. The van der Waals surface area contributed by atoms with E-state index in [0.717, 1.165) is 21.7 Å². The van der Waals surface area contributed by atoms with Gasteiger partial charge in [-0.05, 0) is 61.7 Å². The van der Waals surface area contributed by atoms with Crippen LogP contribution < -0.4 is 10.6 Å². The third kappa shape index (κ3) is 4.83. The van der Waals surface area contributed by atoms with Crippen molar-refractivity contribution in [3.05, 3.63) is 58.6 Å². The molecule has 0 aliphatic rings. The first kappa shape index (κ1) is 18.0. The SMILES string of the molecule is Cc1cc(-c2ccc(C(=O)NCC(=O)NC(C)C)cc2)ccc1Cl. The molecule has 2 amide bonds. The lowest BCUT2D eigenvalue weighted by Crippen LogP contribution is -2.39. The minimum atomic E-state index is -0.271. The summed E-state index contributed by atoms with van der Waals surface area (Å²) in [6, 6.07) is 13.1. The molecule has 0 radical (unpaired) electrons. The van der Waals surface area contributed by atoms with Gasteiger partial charge >= 0.3 is 0 Å². The summed E-state index contributed by atoms with van der Waals surface area (Å²) < 4.78 is 0. The molecule has 0 heterocycles. The van der Waals surface area contributed by atoms with Crippen LogP contribution >= 0.6 is 11.6 Å². The average Bonchev–Trinajstić information content (AvgIpc) is 2.55. The molecule has 0 bridgehead atoms. The smallest absolute Gasteiger partial charge is 0.251 e. The van der Waals surface area contributed by atoms with Gasteiger partial charge in [-0.2, -0.15) is 0 Å². The van der Waals surface area contributed by atoms with Gasteiger partial charge < -0.3 is 10.6 Å². The van der Waals surface area contributed by atoms with E-state index in [2.05, 4.69) is 10.6 Å². The van der Waals surface area contributed by atoms with E-state index in [9.17, 15) is 9.59 Å². The zero-order chi connectivity index (χ0) is 17.7. The summed E-state index contributed by atoms with van der Waals surface area (Å²) in [5.41, 5.74) is 3.57. The second-order valence-corrected chi connectivity index (χ2v) is 6.35. The Morgan fingerprint density at radius 3 is 2.25 bits per heavy atom. The summed E-state index contributed by atoms with van der Waals surface area (Å²) in [5, 5.41) is 6.07. The summed E-state index contributed by atoms with van der Waals surface area (Å²) >= 11 is 6.04. The number of rotatable bonds is 5. The maximum atomic E-state index is 12.1. The van der Waals surface area contributed by atoms with Gasteiger partial charge in [0, 0.05) is 16.6 Å². The Morgan fingerprint density at radius 2 is 1.67 bits per heavy atom. The van der Waals surface area contributed by atoms with Gasteiger partial charge in [0.1, 0.15) is 0 Å². The van der Waals surface area contributed by atoms with Crippen molar-refractivity contribution in [3.63, 3.8) is 0 Å². The minimum absolute atomic E-state index is 0.0326. The summed E-state index contributed by atoms with van der Waals surface area (Å²) in [6.07, 6.45) is 0. The van der Waals surface area contributed by atoms with Gasteiger partial charge in [-0.1, -0.05) is 29.8 Å². The largest absolute Gasteiger partial charge is 0.352 e. The second kappa shape index (κ2) is 7.97. The van der Waals surface area contributed by atoms with Gasteiger partial charge in [0.2, 0.25) is 5.91 Å². The average molecular weight is 345 g/mol. The molecular formula is C19H21ClN2O2. The molecule has 2 aromatic rings. The molecule has 2 rings (SSSR count). The predicted molar refractivity (Wildman–Crippen MR) is 97.2 cm³/mol. The second-order valence-electron chi connectivity index (χ2n) is 5.95. The zero-order valence-corrected chi connectivity index (χ0v) is 14.8. The van der Waals surface area contributed by atoms with Crippen molar-refractivity contribution in [3.8, 4) is 11.1 Å². The van der Waals surface area contributed by atoms with Crippen LogP contribution in [0.2, 0.25) is 5.02 Å². The van der Waals surface area contributed by atoms with E-state index in [-0.39, 0.29) is 24.4 Å². The first-order valence-corrected chi connectivity index (χ1v) is 8.19. The lowest BCUT2D eigenvalue weighted by molar-refractivity contribution is -0.120. The van der Waals surface area contributed by atoms with E-state index in [1.54, 1.807) is 12.1 Å². The fraction of sp³-hybridized carbons (Fsp3) is 0.263. The number of halogens is 1. The Kier molecular flexibility index (Phi) is 5.99. The molecule has 4 nitrogen and oxygen atoms in total. The van der Waals surface area contributed by atoms with Crippen LogP contribution in [0.5, 0.6) is 0 Å². The zero-order valence-electron chi connectivity index (χ0n) is 14.0. The van der Waals surface area contributed by atoms with Crippen molar-refractivity contribution in [2.24, 2.45) is 0 Å². The van der Waals surface area contributed by atoms with E-state index in [0.29, 0.717) is 5.56 Å². The molecule has 0 saturated heterocycles. The van der Waals surface area contributed by atoms with E-state index in [4.69, 9.17) is 11.6 Å². The number of hydrogen-bond acceptors (Lipinski definition) is 2. The number of carbonyl (C=O) groups is 2. The molecular weight excluding hydrogens is 324 g/mol. The molecule has 2 N–H and O–H groups in total. The predicted octanol–water partition coefficient (Wildman–Crippen LogP) is 3.57. The number of amides is 2. The van der Waals surface area contributed by atoms with Crippen LogP contribution in [0.3, 0.4) is 0 Å². The maximum absolute atomic E-state index is 12.1. The summed E-state index contributed by atoms with van der Waals surface area (Å²) in [7, 11) is 0. The van der Waals surface area contributed by atoms with Crippen molar-refractivity contribution in [1.82, 2.24) is 10.6 Å². The third-order valence-electron chi connectivity index (χ3n) is 3.50. The van der Waals surface area contributed by atoms with E-state index in [1.807, 2.05) is 51.1 Å². The maximum Gasteiger partial charge on any atom is 0.251 e. The van der Waals surface area contributed by atoms with Gasteiger partial charge in [-0.25, -0.2) is 0 Å². The van der Waals surface area contributed by atoms with Crippen LogP contribution in [-0.4, -0.2) is 24.4 Å². The van der Waals surface area contributed by atoms with Crippen molar-refractivity contribution in [2.75, 3.05) is 6.54 Å².